The summed E-state index contributed by atoms with van der Waals surface area (Å²) in [5, 5.41) is 9.27. The van der Waals surface area contributed by atoms with E-state index in [1.807, 2.05) is 60.7 Å². The minimum absolute atomic E-state index is 0.117. The van der Waals surface area contributed by atoms with E-state index in [-0.39, 0.29) is 11.8 Å². The van der Waals surface area contributed by atoms with Gasteiger partial charge in [0.1, 0.15) is 6.04 Å². The summed E-state index contributed by atoms with van der Waals surface area (Å²) in [4.78, 5) is 28.1. The van der Waals surface area contributed by atoms with Gasteiger partial charge in [-0.2, -0.15) is 0 Å². The summed E-state index contributed by atoms with van der Waals surface area (Å²) in [6, 6.07) is 21.8. The smallest absolute Gasteiger partial charge is 0.248 e. The van der Waals surface area contributed by atoms with E-state index in [0.717, 1.165) is 40.9 Å². The molecule has 0 spiro atoms. The number of nitrogen functional groups attached to an aromatic ring is 1. The van der Waals surface area contributed by atoms with Gasteiger partial charge < -0.3 is 26.6 Å². The number of benzene rings is 3. The predicted molar refractivity (Wildman–Crippen MR) is 159 cm³/mol. The van der Waals surface area contributed by atoms with Crippen molar-refractivity contribution in [1.82, 2.24) is 10.2 Å². The standard InChI is InChI=1S/C30H34BrN5O2/c31-24-13-15-25(16-14-24)34-30(38)29(33-18-21-36-19-4-1-5-20-36)23-11-8-22(9-12-23)10-17-28(37)35-27-7-3-2-6-26(27)32/h2-3,6-17,29,33H,1,4-5,18-21,32H2,(H,34,38)(H,35,37)/b17-10+. The fraction of sp³-hybridized carbons (Fsp3) is 0.267. The van der Waals surface area contributed by atoms with Crippen molar-refractivity contribution in [1.29, 1.82) is 0 Å². The molecule has 3 aromatic rings. The molecule has 0 saturated carbocycles. The molecule has 7 nitrogen and oxygen atoms in total. The van der Waals surface area contributed by atoms with Crippen LogP contribution < -0.4 is 21.7 Å². The number of nitrogens with zero attached hydrogens (tertiary/aromatic N) is 1. The van der Waals surface area contributed by atoms with Crippen LogP contribution in [0.15, 0.2) is 83.3 Å². The van der Waals surface area contributed by atoms with Gasteiger partial charge >= 0.3 is 0 Å². The first-order valence-electron chi connectivity index (χ1n) is 12.9. The third-order valence-electron chi connectivity index (χ3n) is 6.51. The van der Waals surface area contributed by atoms with Crippen molar-refractivity contribution in [3.05, 3.63) is 94.5 Å². The van der Waals surface area contributed by atoms with Crippen LogP contribution in [0.4, 0.5) is 17.1 Å². The van der Waals surface area contributed by atoms with E-state index in [1.165, 1.54) is 25.3 Å². The van der Waals surface area contributed by atoms with Crippen LogP contribution in [0.2, 0.25) is 0 Å². The number of piperidine rings is 1. The molecule has 1 fully saturated rings. The SMILES string of the molecule is Nc1ccccc1NC(=O)/C=C/c1ccc(C(NCCN2CCCCC2)C(=O)Nc2ccc(Br)cc2)cc1. The average Bonchev–Trinajstić information content (AvgIpc) is 2.93. The lowest BCUT2D eigenvalue weighted by atomic mass is 10.0. The van der Waals surface area contributed by atoms with E-state index < -0.39 is 6.04 Å². The molecular formula is C30H34BrN5O2. The number of nitrogens with two attached hydrogens (primary N) is 1. The first-order chi connectivity index (χ1) is 18.5. The average molecular weight is 577 g/mol. The van der Waals surface area contributed by atoms with Gasteiger partial charge in [0.15, 0.2) is 0 Å². The second-order valence-electron chi connectivity index (χ2n) is 9.36. The highest BCUT2D eigenvalue weighted by Gasteiger charge is 2.21. The minimum Gasteiger partial charge on any atom is -0.397 e. The maximum Gasteiger partial charge on any atom is 0.248 e. The van der Waals surface area contributed by atoms with Gasteiger partial charge in [-0.05, 0) is 79.5 Å². The fourth-order valence-electron chi connectivity index (χ4n) is 4.42. The van der Waals surface area contributed by atoms with E-state index in [0.29, 0.717) is 17.9 Å². The summed E-state index contributed by atoms with van der Waals surface area (Å²) in [6.07, 6.45) is 6.97. The van der Waals surface area contributed by atoms with Crippen molar-refractivity contribution >= 4 is 50.9 Å². The number of rotatable bonds is 10. The Hall–Kier alpha value is -3.46. The quantitative estimate of drug-likeness (QED) is 0.190. The van der Waals surface area contributed by atoms with Crippen molar-refractivity contribution in [2.24, 2.45) is 0 Å². The number of anilines is 3. The van der Waals surface area contributed by atoms with Crippen LogP contribution in [0, 0.1) is 0 Å². The third kappa shape index (κ3) is 8.28. The molecule has 5 N–H and O–H groups in total. The molecule has 0 radical (unpaired) electrons. The lowest BCUT2D eigenvalue weighted by Crippen LogP contribution is -2.40. The highest BCUT2D eigenvalue weighted by Crippen LogP contribution is 2.20. The molecule has 0 bridgehead atoms. The Morgan fingerprint density at radius 3 is 2.34 bits per heavy atom. The van der Waals surface area contributed by atoms with Gasteiger partial charge in [0.2, 0.25) is 11.8 Å². The van der Waals surface area contributed by atoms with Crippen molar-refractivity contribution in [3.8, 4) is 0 Å². The van der Waals surface area contributed by atoms with Crippen molar-refractivity contribution in [2.75, 3.05) is 42.5 Å². The number of likely N-dealkylation sites (tertiary alicyclic amines) is 1. The lowest BCUT2D eigenvalue weighted by Gasteiger charge is -2.27. The van der Waals surface area contributed by atoms with Gasteiger partial charge in [-0.3, -0.25) is 9.59 Å². The van der Waals surface area contributed by atoms with Crippen LogP contribution >= 0.6 is 15.9 Å². The number of hydrogen-bond donors (Lipinski definition) is 4. The van der Waals surface area contributed by atoms with Gasteiger partial charge in [-0.25, -0.2) is 0 Å². The van der Waals surface area contributed by atoms with Crippen LogP contribution in [0.3, 0.4) is 0 Å². The molecule has 0 aromatic heterocycles. The Labute approximate surface area is 232 Å². The fourth-order valence-corrected chi connectivity index (χ4v) is 4.68. The normalized spacial score (nSPS) is 14.8. The molecule has 1 aliphatic heterocycles. The molecule has 3 aromatic carbocycles. The molecular weight excluding hydrogens is 542 g/mol. The van der Waals surface area contributed by atoms with Gasteiger partial charge in [0, 0.05) is 29.3 Å². The predicted octanol–water partition coefficient (Wildman–Crippen LogP) is 5.44. The molecule has 198 valence electrons. The second kappa shape index (κ2) is 13.9. The number of nitrogens with one attached hydrogen (secondary N) is 3. The van der Waals surface area contributed by atoms with Crippen molar-refractivity contribution in [3.63, 3.8) is 0 Å². The lowest BCUT2D eigenvalue weighted by molar-refractivity contribution is -0.118. The molecule has 0 aliphatic carbocycles. The van der Waals surface area contributed by atoms with Crippen LogP contribution in [-0.2, 0) is 9.59 Å². The summed E-state index contributed by atoms with van der Waals surface area (Å²) >= 11 is 3.43. The molecule has 1 heterocycles. The van der Waals surface area contributed by atoms with Crippen molar-refractivity contribution in [2.45, 2.75) is 25.3 Å². The Balaban J connectivity index is 1.41. The van der Waals surface area contributed by atoms with E-state index in [9.17, 15) is 9.59 Å². The number of carbonyl (C=O) groups excluding carboxylic acids is 2. The maximum absolute atomic E-state index is 13.3. The van der Waals surface area contributed by atoms with E-state index >= 15 is 0 Å². The molecule has 38 heavy (non-hydrogen) atoms. The highest BCUT2D eigenvalue weighted by molar-refractivity contribution is 9.10. The first-order valence-corrected chi connectivity index (χ1v) is 13.7. The molecule has 4 rings (SSSR count). The van der Waals surface area contributed by atoms with Crippen LogP contribution in [0.25, 0.3) is 6.08 Å². The summed E-state index contributed by atoms with van der Waals surface area (Å²) in [7, 11) is 0. The zero-order valence-corrected chi connectivity index (χ0v) is 22.9. The molecule has 1 saturated heterocycles. The number of para-hydroxylation sites is 2. The summed E-state index contributed by atoms with van der Waals surface area (Å²) in [5.74, 6) is -0.382. The van der Waals surface area contributed by atoms with E-state index in [2.05, 4.69) is 36.8 Å². The number of hydrogen-bond acceptors (Lipinski definition) is 5. The van der Waals surface area contributed by atoms with E-state index in [4.69, 9.17) is 5.73 Å². The molecule has 1 aliphatic rings. The second-order valence-corrected chi connectivity index (χ2v) is 10.3. The Kier molecular flexibility index (Phi) is 10.1. The number of halogens is 1. The molecule has 1 unspecified atom stereocenters. The summed E-state index contributed by atoms with van der Waals surface area (Å²) < 4.78 is 0.955. The molecule has 8 heteroatoms. The Morgan fingerprint density at radius 1 is 0.921 bits per heavy atom. The Bertz CT molecular complexity index is 1240. The van der Waals surface area contributed by atoms with Crippen LogP contribution in [-0.4, -0.2) is 42.9 Å². The molecule has 1 atom stereocenters. The van der Waals surface area contributed by atoms with Crippen LogP contribution in [0.5, 0.6) is 0 Å². The van der Waals surface area contributed by atoms with Gasteiger partial charge in [0.25, 0.3) is 0 Å². The minimum atomic E-state index is -0.508. The van der Waals surface area contributed by atoms with Crippen molar-refractivity contribution < 1.29 is 9.59 Å². The zero-order chi connectivity index (χ0) is 26.7. The zero-order valence-electron chi connectivity index (χ0n) is 21.3. The Morgan fingerprint density at radius 2 is 1.63 bits per heavy atom. The van der Waals surface area contributed by atoms with Gasteiger partial charge in [0.05, 0.1) is 11.4 Å². The van der Waals surface area contributed by atoms with Gasteiger partial charge in [-0.15, -0.1) is 0 Å². The molecule has 2 amide bonds. The first kappa shape index (κ1) is 27.6. The number of amides is 2. The third-order valence-corrected chi connectivity index (χ3v) is 7.04. The largest absolute Gasteiger partial charge is 0.397 e. The number of carbonyl (C=O) groups is 2. The highest BCUT2D eigenvalue weighted by atomic mass is 79.9. The topological polar surface area (TPSA) is 99.5 Å². The summed E-state index contributed by atoms with van der Waals surface area (Å²) in [6.45, 7) is 3.85. The monoisotopic (exact) mass is 575 g/mol. The van der Waals surface area contributed by atoms with E-state index in [1.54, 1.807) is 18.2 Å². The van der Waals surface area contributed by atoms with Crippen LogP contribution in [0.1, 0.15) is 36.4 Å². The summed E-state index contributed by atoms with van der Waals surface area (Å²) in [5.41, 5.74) is 9.44. The van der Waals surface area contributed by atoms with Gasteiger partial charge in [-0.1, -0.05) is 58.7 Å². The maximum atomic E-state index is 13.3.